The Hall–Kier alpha value is -0.610. The molecule has 90 valence electrons. The van der Waals surface area contributed by atoms with Crippen LogP contribution in [-0.4, -0.2) is 44.2 Å². The van der Waals surface area contributed by atoms with Crippen molar-refractivity contribution >= 4 is 5.97 Å². The van der Waals surface area contributed by atoms with Gasteiger partial charge in [0.2, 0.25) is 0 Å². The second-order valence-electron chi connectivity index (χ2n) is 4.29. The number of esters is 1. The number of hydrogen-bond donors (Lipinski definition) is 1. The molecule has 0 radical (unpaired) electrons. The third-order valence-corrected chi connectivity index (χ3v) is 2.53. The monoisotopic (exact) mass is 216 g/mol. The fraction of sp³-hybridized carbons (Fsp3) is 0.909. The predicted octanol–water partition coefficient (Wildman–Crippen LogP) is 0.711. The first-order chi connectivity index (χ1) is 6.95. The highest BCUT2D eigenvalue weighted by Gasteiger charge is 2.31. The van der Waals surface area contributed by atoms with E-state index in [0.29, 0.717) is 19.1 Å². The van der Waals surface area contributed by atoms with Gasteiger partial charge in [0.15, 0.2) is 0 Å². The zero-order valence-corrected chi connectivity index (χ0v) is 10.5. The largest absolute Gasteiger partial charge is 0.466 e. The van der Waals surface area contributed by atoms with E-state index < -0.39 is 0 Å². The van der Waals surface area contributed by atoms with Gasteiger partial charge < -0.3 is 15.4 Å². The third kappa shape index (κ3) is 4.18. The van der Waals surface area contributed by atoms with E-state index in [0.717, 1.165) is 0 Å². The van der Waals surface area contributed by atoms with Crippen molar-refractivity contribution in [2.45, 2.75) is 26.8 Å². The van der Waals surface area contributed by atoms with Gasteiger partial charge in [-0.05, 0) is 26.9 Å². The molecule has 0 aliphatic heterocycles. The van der Waals surface area contributed by atoms with E-state index in [4.69, 9.17) is 10.5 Å². The van der Waals surface area contributed by atoms with Crippen molar-refractivity contribution in [3.8, 4) is 0 Å². The number of hydrogen-bond acceptors (Lipinski definition) is 4. The molecule has 0 aromatic rings. The summed E-state index contributed by atoms with van der Waals surface area (Å²) in [6.45, 7) is 6.73. The quantitative estimate of drug-likeness (QED) is 0.664. The van der Waals surface area contributed by atoms with Gasteiger partial charge in [-0.1, -0.05) is 13.8 Å². The Bertz CT molecular complexity index is 185. The zero-order valence-electron chi connectivity index (χ0n) is 10.5. The van der Waals surface area contributed by atoms with Crippen LogP contribution in [0, 0.1) is 11.8 Å². The van der Waals surface area contributed by atoms with Crippen LogP contribution >= 0.6 is 0 Å². The molecule has 2 atom stereocenters. The van der Waals surface area contributed by atoms with Crippen molar-refractivity contribution in [2.75, 3.05) is 27.2 Å². The van der Waals surface area contributed by atoms with Crippen molar-refractivity contribution in [1.29, 1.82) is 0 Å². The number of nitrogens with zero attached hydrogens (tertiary/aromatic N) is 1. The first-order valence-corrected chi connectivity index (χ1v) is 5.48. The SMILES string of the molecule is CCOC(=O)C(CN)C(C(C)C)N(C)C. The Kier molecular flexibility index (Phi) is 6.52. The molecule has 0 fully saturated rings. The second kappa shape index (κ2) is 6.80. The molecule has 0 bridgehead atoms. The number of carbonyl (C=O) groups excluding carboxylic acids is 1. The highest BCUT2D eigenvalue weighted by Crippen LogP contribution is 2.18. The van der Waals surface area contributed by atoms with E-state index in [1.165, 1.54) is 0 Å². The molecule has 0 aromatic heterocycles. The summed E-state index contributed by atoms with van der Waals surface area (Å²) in [6, 6.07) is 0.133. The minimum Gasteiger partial charge on any atom is -0.466 e. The van der Waals surface area contributed by atoms with Crippen LogP contribution in [-0.2, 0) is 9.53 Å². The van der Waals surface area contributed by atoms with Crippen LogP contribution in [0.15, 0.2) is 0 Å². The Labute approximate surface area is 92.8 Å². The number of ether oxygens (including phenoxy) is 1. The minimum absolute atomic E-state index is 0.133. The maximum Gasteiger partial charge on any atom is 0.311 e. The summed E-state index contributed by atoms with van der Waals surface area (Å²) in [5.41, 5.74) is 5.65. The van der Waals surface area contributed by atoms with E-state index >= 15 is 0 Å². The summed E-state index contributed by atoms with van der Waals surface area (Å²) in [5.74, 6) is -0.0506. The van der Waals surface area contributed by atoms with Crippen LogP contribution in [0.3, 0.4) is 0 Å². The Morgan fingerprint density at radius 2 is 1.93 bits per heavy atom. The molecular formula is C11H24N2O2. The molecule has 0 aliphatic rings. The van der Waals surface area contributed by atoms with Gasteiger partial charge in [-0.15, -0.1) is 0 Å². The Balaban J connectivity index is 4.66. The van der Waals surface area contributed by atoms with Crippen molar-refractivity contribution < 1.29 is 9.53 Å². The van der Waals surface area contributed by atoms with E-state index in [2.05, 4.69) is 13.8 Å². The van der Waals surface area contributed by atoms with Crippen LogP contribution in [0.4, 0.5) is 0 Å². The number of rotatable bonds is 6. The van der Waals surface area contributed by atoms with Gasteiger partial charge in [-0.25, -0.2) is 0 Å². The lowest BCUT2D eigenvalue weighted by Crippen LogP contribution is -2.47. The van der Waals surface area contributed by atoms with E-state index in [1.54, 1.807) is 0 Å². The predicted molar refractivity (Wildman–Crippen MR) is 61.5 cm³/mol. The molecule has 2 unspecified atom stereocenters. The summed E-state index contributed by atoms with van der Waals surface area (Å²) in [5, 5.41) is 0. The maximum atomic E-state index is 11.7. The van der Waals surface area contributed by atoms with Crippen LogP contribution in [0.1, 0.15) is 20.8 Å². The van der Waals surface area contributed by atoms with Crippen molar-refractivity contribution in [1.82, 2.24) is 4.90 Å². The van der Waals surface area contributed by atoms with Gasteiger partial charge in [0.05, 0.1) is 12.5 Å². The fourth-order valence-corrected chi connectivity index (χ4v) is 2.05. The molecule has 0 saturated carbocycles. The van der Waals surface area contributed by atoms with Crippen LogP contribution in [0.2, 0.25) is 0 Å². The van der Waals surface area contributed by atoms with E-state index in [-0.39, 0.29) is 17.9 Å². The molecule has 0 spiro atoms. The summed E-state index contributed by atoms with van der Waals surface area (Å²) >= 11 is 0. The lowest BCUT2D eigenvalue weighted by molar-refractivity contribution is -0.150. The smallest absolute Gasteiger partial charge is 0.311 e. The molecule has 0 heterocycles. The molecule has 0 aliphatic carbocycles. The highest BCUT2D eigenvalue weighted by atomic mass is 16.5. The zero-order chi connectivity index (χ0) is 12.0. The summed E-state index contributed by atoms with van der Waals surface area (Å²) < 4.78 is 5.03. The summed E-state index contributed by atoms with van der Waals surface area (Å²) in [4.78, 5) is 13.7. The Morgan fingerprint density at radius 3 is 2.20 bits per heavy atom. The van der Waals surface area contributed by atoms with Gasteiger partial charge in [-0.3, -0.25) is 4.79 Å². The summed E-state index contributed by atoms with van der Waals surface area (Å²) in [6.07, 6.45) is 0. The van der Waals surface area contributed by atoms with Gasteiger partial charge >= 0.3 is 5.97 Å². The van der Waals surface area contributed by atoms with Gasteiger partial charge in [0.1, 0.15) is 0 Å². The molecule has 0 saturated heterocycles. The Morgan fingerprint density at radius 1 is 1.40 bits per heavy atom. The van der Waals surface area contributed by atoms with Gasteiger partial charge in [-0.2, -0.15) is 0 Å². The molecule has 15 heavy (non-hydrogen) atoms. The minimum atomic E-state index is -0.236. The van der Waals surface area contributed by atoms with Crippen molar-refractivity contribution in [2.24, 2.45) is 17.6 Å². The molecule has 0 amide bonds. The average molecular weight is 216 g/mol. The van der Waals surface area contributed by atoms with Crippen molar-refractivity contribution in [3.63, 3.8) is 0 Å². The lowest BCUT2D eigenvalue weighted by atomic mass is 9.89. The molecule has 4 heteroatoms. The standard InChI is InChI=1S/C11H24N2O2/c1-6-15-11(14)9(7-12)10(8(2)3)13(4)5/h8-10H,6-7,12H2,1-5H3. The first kappa shape index (κ1) is 14.4. The van der Waals surface area contributed by atoms with Crippen LogP contribution in [0.5, 0.6) is 0 Å². The molecule has 4 nitrogen and oxygen atoms in total. The average Bonchev–Trinajstić information content (AvgIpc) is 2.12. The van der Waals surface area contributed by atoms with Gasteiger partial charge in [0.25, 0.3) is 0 Å². The first-order valence-electron chi connectivity index (χ1n) is 5.48. The molecule has 0 aromatic carbocycles. The fourth-order valence-electron chi connectivity index (χ4n) is 2.05. The normalized spacial score (nSPS) is 15.5. The number of nitrogens with two attached hydrogens (primary N) is 1. The number of carbonyl (C=O) groups is 1. The van der Waals surface area contributed by atoms with Crippen molar-refractivity contribution in [3.05, 3.63) is 0 Å². The van der Waals surface area contributed by atoms with Crippen LogP contribution < -0.4 is 5.73 Å². The molecule has 0 rings (SSSR count). The molecule has 2 N–H and O–H groups in total. The topological polar surface area (TPSA) is 55.6 Å². The lowest BCUT2D eigenvalue weighted by Gasteiger charge is -2.33. The van der Waals surface area contributed by atoms with Crippen LogP contribution in [0.25, 0.3) is 0 Å². The highest BCUT2D eigenvalue weighted by molar-refractivity contribution is 5.73. The molecular weight excluding hydrogens is 192 g/mol. The second-order valence-corrected chi connectivity index (χ2v) is 4.29. The van der Waals surface area contributed by atoms with E-state index in [1.807, 2.05) is 25.9 Å². The van der Waals surface area contributed by atoms with Gasteiger partial charge in [0, 0.05) is 12.6 Å². The van der Waals surface area contributed by atoms with E-state index in [9.17, 15) is 4.79 Å². The maximum absolute atomic E-state index is 11.7. The summed E-state index contributed by atoms with van der Waals surface area (Å²) in [7, 11) is 3.93. The third-order valence-electron chi connectivity index (χ3n) is 2.53.